The molecule has 3 fully saturated rings. The zero-order chi connectivity index (χ0) is 12.1. The summed E-state index contributed by atoms with van der Waals surface area (Å²) in [5.41, 5.74) is -0.148. The van der Waals surface area contributed by atoms with Gasteiger partial charge in [-0.25, -0.2) is 0 Å². The molecule has 1 aliphatic heterocycles. The number of ether oxygens (including phenoxy) is 2. The molecule has 1 N–H and O–H groups in total. The van der Waals surface area contributed by atoms with Crippen LogP contribution in [-0.2, 0) is 9.47 Å². The third kappa shape index (κ3) is 1.67. The first kappa shape index (κ1) is 11.7. The van der Waals surface area contributed by atoms with Crippen LogP contribution in [0.2, 0.25) is 0 Å². The lowest BCUT2D eigenvalue weighted by Crippen LogP contribution is -2.37. The molecule has 0 aromatic heterocycles. The van der Waals surface area contributed by atoms with E-state index in [9.17, 15) is 5.11 Å². The SMILES string of the molecule is C=C[C@@]1(C)C[C@H](O)[C@H]2OC3(CCCCC3)O[C@H]21. The molecule has 3 rings (SSSR count). The van der Waals surface area contributed by atoms with Crippen molar-refractivity contribution in [1.29, 1.82) is 0 Å². The van der Waals surface area contributed by atoms with Gasteiger partial charge in [0.15, 0.2) is 5.79 Å². The molecule has 0 bridgehead atoms. The van der Waals surface area contributed by atoms with Gasteiger partial charge in [0, 0.05) is 18.3 Å². The van der Waals surface area contributed by atoms with Gasteiger partial charge in [-0.15, -0.1) is 6.58 Å². The normalized spacial score (nSPS) is 48.2. The molecule has 2 aliphatic carbocycles. The Bertz CT molecular complexity index is 321. The summed E-state index contributed by atoms with van der Waals surface area (Å²) in [4.78, 5) is 0. The van der Waals surface area contributed by atoms with Gasteiger partial charge in [0.2, 0.25) is 0 Å². The molecule has 17 heavy (non-hydrogen) atoms. The molecule has 0 amide bonds. The second-order valence-electron chi connectivity index (χ2n) is 6.07. The summed E-state index contributed by atoms with van der Waals surface area (Å²) in [6, 6.07) is 0. The molecule has 1 spiro atoms. The quantitative estimate of drug-likeness (QED) is 0.713. The largest absolute Gasteiger partial charge is 0.390 e. The minimum atomic E-state index is -0.413. The van der Waals surface area contributed by atoms with Crippen LogP contribution in [0.3, 0.4) is 0 Å². The standard InChI is InChI=1S/C14H22O3/c1-3-13(2)9-10(15)11-12(13)17-14(16-11)7-5-4-6-8-14/h3,10-12,15H,1,4-9H2,2H3/t10-,11+,12+,13-/m0/s1. The summed E-state index contributed by atoms with van der Waals surface area (Å²) < 4.78 is 12.3. The van der Waals surface area contributed by atoms with Crippen LogP contribution >= 0.6 is 0 Å². The van der Waals surface area contributed by atoms with Gasteiger partial charge in [-0.05, 0) is 19.3 Å². The summed E-state index contributed by atoms with van der Waals surface area (Å²) >= 11 is 0. The van der Waals surface area contributed by atoms with Gasteiger partial charge in [-0.3, -0.25) is 0 Å². The van der Waals surface area contributed by atoms with E-state index >= 15 is 0 Å². The molecule has 3 aliphatic rings. The van der Waals surface area contributed by atoms with E-state index in [2.05, 4.69) is 13.5 Å². The van der Waals surface area contributed by atoms with Crippen molar-refractivity contribution in [2.45, 2.75) is 69.5 Å². The van der Waals surface area contributed by atoms with Crippen LogP contribution in [-0.4, -0.2) is 29.2 Å². The Labute approximate surface area is 103 Å². The third-order valence-corrected chi connectivity index (χ3v) is 4.75. The van der Waals surface area contributed by atoms with Gasteiger partial charge in [0.1, 0.15) is 6.10 Å². The molecule has 1 heterocycles. The topological polar surface area (TPSA) is 38.7 Å². The van der Waals surface area contributed by atoms with Gasteiger partial charge in [0.05, 0.1) is 12.2 Å². The van der Waals surface area contributed by atoms with Gasteiger partial charge in [-0.2, -0.15) is 0 Å². The lowest BCUT2D eigenvalue weighted by molar-refractivity contribution is -0.212. The van der Waals surface area contributed by atoms with Crippen LogP contribution in [0, 0.1) is 5.41 Å². The smallest absolute Gasteiger partial charge is 0.169 e. The van der Waals surface area contributed by atoms with Gasteiger partial charge < -0.3 is 14.6 Å². The lowest BCUT2D eigenvalue weighted by atomic mass is 9.86. The van der Waals surface area contributed by atoms with E-state index in [0.29, 0.717) is 6.42 Å². The molecule has 3 nitrogen and oxygen atoms in total. The zero-order valence-corrected chi connectivity index (χ0v) is 10.5. The number of hydrogen-bond donors (Lipinski definition) is 1. The second kappa shape index (κ2) is 3.81. The fourth-order valence-electron chi connectivity index (χ4n) is 3.63. The first-order chi connectivity index (χ1) is 8.09. The average Bonchev–Trinajstić information content (AvgIpc) is 2.79. The summed E-state index contributed by atoms with van der Waals surface area (Å²) in [5.74, 6) is -0.404. The molecule has 0 aromatic rings. The van der Waals surface area contributed by atoms with Crippen molar-refractivity contribution in [2.24, 2.45) is 5.41 Å². The van der Waals surface area contributed by atoms with E-state index in [-0.39, 0.29) is 17.6 Å². The Morgan fingerprint density at radius 1 is 1.24 bits per heavy atom. The predicted octanol–water partition coefficient (Wildman–Crippen LogP) is 2.39. The minimum absolute atomic E-state index is 0.0203. The maximum atomic E-state index is 10.1. The van der Waals surface area contributed by atoms with E-state index in [1.807, 2.05) is 6.08 Å². The average molecular weight is 238 g/mol. The number of fused-ring (bicyclic) bond motifs is 1. The van der Waals surface area contributed by atoms with Crippen LogP contribution < -0.4 is 0 Å². The Morgan fingerprint density at radius 3 is 2.59 bits per heavy atom. The second-order valence-corrected chi connectivity index (χ2v) is 6.07. The Kier molecular flexibility index (Phi) is 2.62. The molecular formula is C14H22O3. The minimum Gasteiger partial charge on any atom is -0.390 e. The highest BCUT2D eigenvalue weighted by molar-refractivity contribution is 5.12. The first-order valence-electron chi connectivity index (χ1n) is 6.76. The number of aliphatic hydroxyl groups is 1. The fourth-order valence-corrected chi connectivity index (χ4v) is 3.63. The van der Waals surface area contributed by atoms with Gasteiger partial charge in [-0.1, -0.05) is 19.4 Å². The highest BCUT2D eigenvalue weighted by Crippen LogP contribution is 2.52. The van der Waals surface area contributed by atoms with Crippen molar-refractivity contribution in [3.63, 3.8) is 0 Å². The van der Waals surface area contributed by atoms with Crippen LogP contribution in [0.4, 0.5) is 0 Å². The van der Waals surface area contributed by atoms with E-state index in [1.165, 1.54) is 19.3 Å². The monoisotopic (exact) mass is 238 g/mol. The Morgan fingerprint density at radius 2 is 1.94 bits per heavy atom. The van der Waals surface area contributed by atoms with Crippen molar-refractivity contribution in [3.8, 4) is 0 Å². The van der Waals surface area contributed by atoms with Crippen LogP contribution in [0.15, 0.2) is 12.7 Å². The van der Waals surface area contributed by atoms with Crippen molar-refractivity contribution in [1.82, 2.24) is 0 Å². The van der Waals surface area contributed by atoms with E-state index in [4.69, 9.17) is 9.47 Å². The summed E-state index contributed by atoms with van der Waals surface area (Å²) in [5, 5.41) is 10.1. The highest BCUT2D eigenvalue weighted by atomic mass is 16.8. The Balaban J connectivity index is 1.84. The fraction of sp³-hybridized carbons (Fsp3) is 0.857. The lowest BCUT2D eigenvalue weighted by Gasteiger charge is -2.35. The van der Waals surface area contributed by atoms with Gasteiger partial charge >= 0.3 is 0 Å². The van der Waals surface area contributed by atoms with Crippen molar-refractivity contribution >= 4 is 0 Å². The summed E-state index contributed by atoms with van der Waals surface area (Å²) in [6.45, 7) is 6.01. The highest BCUT2D eigenvalue weighted by Gasteiger charge is 2.60. The Hall–Kier alpha value is -0.380. The molecule has 96 valence electrons. The molecule has 0 aromatic carbocycles. The molecule has 0 radical (unpaired) electrons. The molecule has 4 atom stereocenters. The van der Waals surface area contributed by atoms with Gasteiger partial charge in [0.25, 0.3) is 0 Å². The summed E-state index contributed by atoms with van der Waals surface area (Å²) in [6.07, 6.45) is 7.58. The number of rotatable bonds is 1. The molecular weight excluding hydrogens is 216 g/mol. The summed E-state index contributed by atoms with van der Waals surface area (Å²) in [7, 11) is 0. The maximum absolute atomic E-state index is 10.1. The zero-order valence-electron chi connectivity index (χ0n) is 10.5. The predicted molar refractivity (Wildman–Crippen MR) is 64.5 cm³/mol. The first-order valence-corrected chi connectivity index (χ1v) is 6.76. The van der Waals surface area contributed by atoms with Crippen LogP contribution in [0.1, 0.15) is 45.4 Å². The maximum Gasteiger partial charge on any atom is 0.169 e. The third-order valence-electron chi connectivity index (χ3n) is 4.75. The molecule has 1 saturated heterocycles. The number of aliphatic hydroxyl groups excluding tert-OH is 1. The van der Waals surface area contributed by atoms with E-state index < -0.39 is 11.9 Å². The number of hydrogen-bond acceptors (Lipinski definition) is 3. The van der Waals surface area contributed by atoms with E-state index in [0.717, 1.165) is 12.8 Å². The molecule has 2 saturated carbocycles. The van der Waals surface area contributed by atoms with Crippen LogP contribution in [0.5, 0.6) is 0 Å². The molecule has 0 unspecified atom stereocenters. The molecule has 3 heteroatoms. The van der Waals surface area contributed by atoms with E-state index in [1.54, 1.807) is 0 Å². The van der Waals surface area contributed by atoms with Crippen molar-refractivity contribution in [2.75, 3.05) is 0 Å². The van der Waals surface area contributed by atoms with Crippen molar-refractivity contribution < 1.29 is 14.6 Å². The van der Waals surface area contributed by atoms with Crippen LogP contribution in [0.25, 0.3) is 0 Å². The van der Waals surface area contributed by atoms with Crippen molar-refractivity contribution in [3.05, 3.63) is 12.7 Å².